The molecule has 4 aliphatic rings. The lowest BCUT2D eigenvalue weighted by Crippen LogP contribution is -2.72. The van der Waals surface area contributed by atoms with Crippen molar-refractivity contribution < 1.29 is 167 Å². The van der Waals surface area contributed by atoms with Gasteiger partial charge in [0, 0.05) is 13.0 Å². The van der Waals surface area contributed by atoms with Gasteiger partial charge in [-0.15, -0.1) is 23.2 Å². The number of alkyl carbamates (subject to hydrolysis) is 1. The number of amides is 3. The second-order valence-electron chi connectivity index (χ2n) is 29.8. The topological polar surface area (TPSA) is 477 Å². The molecule has 4 heterocycles. The van der Waals surface area contributed by atoms with Crippen molar-refractivity contribution in [2.24, 2.45) is 0 Å². The fourth-order valence-corrected chi connectivity index (χ4v) is 14.5. The number of carbonyl (C=O) groups excluding carboxylic acids is 15. The summed E-state index contributed by atoms with van der Waals surface area (Å²) in [5.41, 5.74) is -0.806. The molecule has 137 heavy (non-hydrogen) atoms. The molecule has 4 aliphatic heterocycles. The van der Waals surface area contributed by atoms with Crippen LogP contribution < -0.4 is 16.0 Å². The number of ether oxygens (including phenoxy) is 20. The van der Waals surface area contributed by atoms with Gasteiger partial charge in [-0.1, -0.05) is 209 Å². The molecule has 0 spiro atoms. The number of hydrogen-bond acceptors (Lipinski definition) is 35. The first kappa shape index (κ1) is 106. The van der Waals surface area contributed by atoms with E-state index in [2.05, 4.69) is 16.0 Å². The van der Waals surface area contributed by atoms with Gasteiger partial charge >= 0.3 is 71.8 Å². The van der Waals surface area contributed by atoms with Crippen molar-refractivity contribution in [3.05, 3.63) is 251 Å². The van der Waals surface area contributed by atoms with Gasteiger partial charge in [0.05, 0.1) is 60.6 Å². The molecule has 0 aromatic heterocycles. The van der Waals surface area contributed by atoms with E-state index in [1.807, 2.05) is 0 Å². The average Bonchev–Trinajstić information content (AvgIpc) is 0.745. The second kappa shape index (κ2) is 50.8. The van der Waals surface area contributed by atoms with E-state index < -0.39 is 271 Å². The summed E-state index contributed by atoms with van der Waals surface area (Å²) in [7, 11) is 1.61. The molecule has 4 saturated heterocycles. The summed E-state index contributed by atoms with van der Waals surface area (Å²) in [6, 6.07) is 45.0. The predicted octanol–water partition coefficient (Wildman–Crippen LogP) is 9.24. The third-order valence-electron chi connectivity index (χ3n) is 20.5. The average molecular weight is 2060 g/mol. The molecule has 46 heteroatoms. The molecule has 0 unspecified atom stereocenters. The normalized spacial score (nSPS) is 24.6. The number of methoxy groups -OCH3 is 2. The molecule has 0 aliphatic carbocycles. The van der Waals surface area contributed by atoms with Crippen LogP contribution in [0.2, 0.25) is 0 Å². The van der Waals surface area contributed by atoms with Crippen LogP contribution in [0.3, 0.4) is 0 Å². The predicted molar refractivity (Wildman–Crippen MR) is 475 cm³/mol. The lowest BCUT2D eigenvalue weighted by Gasteiger charge is -2.51. The summed E-state index contributed by atoms with van der Waals surface area (Å²) in [6.45, 7) is -2.35. The lowest BCUT2D eigenvalue weighted by atomic mass is 9.93. The van der Waals surface area contributed by atoms with Crippen LogP contribution in [0.5, 0.6) is 0 Å². The van der Waals surface area contributed by atoms with Crippen molar-refractivity contribution in [1.82, 2.24) is 16.0 Å². The van der Waals surface area contributed by atoms with Crippen LogP contribution in [-0.2, 0) is 140 Å². The van der Waals surface area contributed by atoms with Crippen molar-refractivity contribution in [2.45, 2.75) is 157 Å². The Balaban J connectivity index is 1.13. The number of alkyl halides is 8. The summed E-state index contributed by atoms with van der Waals surface area (Å²) < 4.78 is 119. The molecule has 20 atom stereocenters. The third-order valence-corrected chi connectivity index (χ3v) is 22.0. The Morgan fingerprint density at radius 3 is 1.04 bits per heavy atom. The lowest BCUT2D eigenvalue weighted by molar-refractivity contribution is -0.368. The fourth-order valence-electron chi connectivity index (χ4n) is 14.1. The third kappa shape index (κ3) is 29.6. The van der Waals surface area contributed by atoms with Gasteiger partial charge in [0.25, 0.3) is 19.4 Å². The smallest absolute Gasteiger partial charge is 0.407 e. The summed E-state index contributed by atoms with van der Waals surface area (Å²) in [5, 5.41) is 7.26. The van der Waals surface area contributed by atoms with Gasteiger partial charge in [-0.25, -0.2) is 43.2 Å². The van der Waals surface area contributed by atoms with E-state index in [4.69, 9.17) is 188 Å². The Hall–Kier alpha value is -11.4. The molecule has 0 saturated carbocycles. The maximum atomic E-state index is 15.6. The van der Waals surface area contributed by atoms with Gasteiger partial charge in [0.2, 0.25) is 0 Å². The summed E-state index contributed by atoms with van der Waals surface area (Å²) >= 11 is 50.8. The highest BCUT2D eigenvalue weighted by Gasteiger charge is 2.64. The second-order valence-corrected chi connectivity index (χ2v) is 34.9. The minimum atomic E-state index is -3.19. The van der Waals surface area contributed by atoms with Crippen molar-refractivity contribution in [3.63, 3.8) is 0 Å². The van der Waals surface area contributed by atoms with Gasteiger partial charge in [-0.2, -0.15) is 0 Å². The summed E-state index contributed by atoms with van der Waals surface area (Å²) in [5.74, 6) is -20.7. The molecule has 4 fully saturated rings. The number of benzene rings is 7. The Bertz CT molecular complexity index is 5320. The zero-order valence-electron chi connectivity index (χ0n) is 71.9. The standard InChI is InChI=1S/C91H85Cl8N3O35/c1-48(103)39-40-58(104)126-67-69(129-77(109)52-31-17-7-18-32-52)73(131-79(111)54-35-21-9-22-36-54)85(136-71(67)81(113)118-2)134-66-62(102-88(116)91(97,98)99)84(125-57(64(66)128-60(106)44-93)47-122-76(108)51-29-15-6-16-30-51)135-68-70(130-78(110)53-33-19-8-20-34-53)74(132-80(112)55-37-23-10-24-38-55)86(137-72(68)82(114)119-3)133-65-61(101-87(115)90(94,95)96)83(120-42-41-100-89(117)123-45-49-25-11-4-12-26-49)124-56(63(65)127-59(105)43-92)46-121-75(107)50-27-13-5-14-28-50/h4-38,56-57,61-74,83-86H,39-47H2,1-3H3,(H,100,117)(H,101,115)(H,102,116)/t56-,57-,61-,62-,63+,64+,65-,66-,67+,68+,69+,70+,71+,72+,73-,74-,83-,84+,85-,86-/m1/s1. The Labute approximate surface area is 819 Å². The van der Waals surface area contributed by atoms with Crippen LogP contribution in [0, 0.1) is 0 Å². The number of hydrogen-bond donors (Lipinski definition) is 3. The fraction of sp³-hybridized carbons (Fsp3) is 0.374. The monoisotopic (exact) mass is 2060 g/mol. The highest BCUT2D eigenvalue weighted by molar-refractivity contribution is 6.76. The van der Waals surface area contributed by atoms with Crippen LogP contribution in [0.4, 0.5) is 4.79 Å². The van der Waals surface area contributed by atoms with Crippen LogP contribution in [0.1, 0.15) is 87.5 Å². The highest BCUT2D eigenvalue weighted by Crippen LogP contribution is 2.42. The number of carbonyl (C=O) groups is 15. The van der Waals surface area contributed by atoms with E-state index in [1.54, 1.807) is 36.4 Å². The Kier molecular flexibility index (Phi) is 39.3. The molecule has 0 bridgehead atoms. The van der Waals surface area contributed by atoms with Gasteiger partial charge in [0.1, 0.15) is 80.0 Å². The number of rotatable bonds is 38. The van der Waals surface area contributed by atoms with E-state index >= 15 is 24.0 Å². The first-order valence-corrected chi connectivity index (χ1v) is 44.7. The quantitative estimate of drug-likeness (QED) is 0.0140. The van der Waals surface area contributed by atoms with Crippen LogP contribution in [-0.4, -0.2) is 272 Å². The number of ketones is 1. The van der Waals surface area contributed by atoms with E-state index in [0.29, 0.717) is 5.56 Å². The van der Waals surface area contributed by atoms with Gasteiger partial charge in [-0.05, 0) is 85.3 Å². The summed E-state index contributed by atoms with van der Waals surface area (Å²) in [6.07, 6.45) is -46.5. The van der Waals surface area contributed by atoms with Crippen LogP contribution >= 0.6 is 92.8 Å². The maximum Gasteiger partial charge on any atom is 0.407 e. The minimum absolute atomic E-state index is 0.0491. The highest BCUT2D eigenvalue weighted by atomic mass is 35.6. The van der Waals surface area contributed by atoms with Crippen LogP contribution in [0.15, 0.2) is 212 Å². The summed E-state index contributed by atoms with van der Waals surface area (Å²) in [4.78, 5) is 218. The van der Waals surface area contributed by atoms with Crippen molar-refractivity contribution in [3.8, 4) is 0 Å². The molecular formula is C91H85Cl8N3O35. The molecule has 0 radical (unpaired) electrons. The molecule has 7 aromatic carbocycles. The SMILES string of the molecule is COC(=O)[C@H]1O[C@@H](O[C@@H]2[C@@H](NC(=O)C(Cl)(Cl)Cl)[C@H](O[C@H]3[C@H](OC(=O)c4ccccc4)[C@@H](OC(=O)c4ccccc4)[C@H](O[C@@H]4[C@@H](NC(=O)C(Cl)(Cl)Cl)[C@H](OCCNC(=O)OCc5ccccc5)O[C@H](COC(=O)c5ccccc5)[C@@H]4OC(=O)CCl)O[C@@H]3C(=O)OC)O[C@H](COC(=O)c3ccccc3)[C@@H]2OC(=O)CCl)[C@H](OC(=O)c2ccccc2)[C@@H](OC(=O)c2ccccc2)[C@@H]1OC(=O)CCC(C)=O. The molecule has 11 rings (SSSR count). The van der Waals surface area contributed by atoms with Gasteiger partial charge in [-0.3, -0.25) is 24.0 Å². The largest absolute Gasteiger partial charge is 0.467 e. The zero-order valence-corrected chi connectivity index (χ0v) is 78.0. The molecule has 7 aromatic rings. The van der Waals surface area contributed by atoms with E-state index in [9.17, 15) is 47.9 Å². The van der Waals surface area contributed by atoms with Crippen molar-refractivity contribution in [1.29, 1.82) is 0 Å². The molecular weight excluding hydrogens is 1980 g/mol. The molecule has 730 valence electrons. The number of halogens is 8. The number of esters is 11. The molecule has 3 amide bonds. The zero-order chi connectivity index (χ0) is 98.6. The molecule has 38 nitrogen and oxygen atoms in total. The van der Waals surface area contributed by atoms with E-state index in [0.717, 1.165) is 21.1 Å². The number of Topliss-reactive ketones (excluding diaryl/α,β-unsaturated/α-hetero) is 1. The Morgan fingerprint density at radius 2 is 0.672 bits per heavy atom. The minimum Gasteiger partial charge on any atom is -0.467 e. The van der Waals surface area contributed by atoms with Gasteiger partial charge in [0.15, 0.2) is 80.1 Å². The Morgan fingerprint density at radius 1 is 0.343 bits per heavy atom. The van der Waals surface area contributed by atoms with Crippen molar-refractivity contribution >= 4 is 182 Å². The first-order valence-electron chi connectivity index (χ1n) is 41.4. The van der Waals surface area contributed by atoms with Crippen LogP contribution in [0.25, 0.3) is 0 Å². The molecule has 3 N–H and O–H groups in total. The maximum absolute atomic E-state index is 15.6. The van der Waals surface area contributed by atoms with E-state index in [-0.39, 0.29) is 40.0 Å². The number of nitrogens with one attached hydrogen (secondary N) is 3. The van der Waals surface area contributed by atoms with E-state index in [1.165, 1.54) is 176 Å². The first-order chi connectivity index (χ1) is 65.6. The van der Waals surface area contributed by atoms with Crippen molar-refractivity contribution in [2.75, 3.05) is 52.3 Å². The van der Waals surface area contributed by atoms with Gasteiger partial charge < -0.3 is 115 Å².